The van der Waals surface area contributed by atoms with Crippen molar-refractivity contribution in [3.8, 4) is 0 Å². The van der Waals surface area contributed by atoms with Crippen LogP contribution in [0.15, 0.2) is 18.2 Å². The molecule has 1 aliphatic rings. The number of hydrogen-bond acceptors (Lipinski definition) is 4. The van der Waals surface area contributed by atoms with Crippen LogP contribution in [0.4, 0.5) is 11.4 Å². The van der Waals surface area contributed by atoms with Gasteiger partial charge in [0.15, 0.2) is 0 Å². The number of hydrogen-bond donors (Lipinski definition) is 2. The number of nitrogens with two attached hydrogens (primary N) is 1. The maximum atomic E-state index is 11.5. The highest BCUT2D eigenvalue weighted by molar-refractivity contribution is 5.72. The number of methoxy groups -OCH3 is 1. The first kappa shape index (κ1) is 14.7. The van der Waals surface area contributed by atoms with E-state index < -0.39 is 0 Å². The summed E-state index contributed by atoms with van der Waals surface area (Å²) >= 11 is 0. The largest absolute Gasteiger partial charge is 0.469 e. The number of carbonyl (C=O) groups is 1. The lowest BCUT2D eigenvalue weighted by atomic mass is 9.86. The third kappa shape index (κ3) is 3.44. The molecule has 2 rings (SSSR count). The third-order valence-electron chi connectivity index (χ3n) is 4.15. The molecular weight excluding hydrogens is 252 g/mol. The number of esters is 1. The Bertz CT molecular complexity index is 466. The van der Waals surface area contributed by atoms with Gasteiger partial charge >= 0.3 is 5.97 Å². The van der Waals surface area contributed by atoms with Gasteiger partial charge in [-0.3, -0.25) is 4.79 Å². The Morgan fingerprint density at radius 2 is 2.05 bits per heavy atom. The third-order valence-corrected chi connectivity index (χ3v) is 4.15. The maximum absolute atomic E-state index is 11.5. The summed E-state index contributed by atoms with van der Waals surface area (Å²) in [5.41, 5.74) is 9.11. The van der Waals surface area contributed by atoms with E-state index in [0.29, 0.717) is 6.04 Å². The van der Waals surface area contributed by atoms with Crippen LogP contribution in [-0.4, -0.2) is 19.1 Å². The molecule has 20 heavy (non-hydrogen) atoms. The highest BCUT2D eigenvalue weighted by Crippen LogP contribution is 2.29. The van der Waals surface area contributed by atoms with E-state index in [1.54, 1.807) is 0 Å². The molecule has 0 saturated heterocycles. The summed E-state index contributed by atoms with van der Waals surface area (Å²) in [6.45, 7) is 2.14. The van der Waals surface area contributed by atoms with Crippen molar-refractivity contribution in [2.75, 3.05) is 18.2 Å². The predicted molar refractivity (Wildman–Crippen MR) is 81.6 cm³/mol. The zero-order valence-electron chi connectivity index (χ0n) is 12.3. The van der Waals surface area contributed by atoms with E-state index in [9.17, 15) is 4.79 Å². The van der Waals surface area contributed by atoms with Crippen LogP contribution < -0.4 is 11.1 Å². The van der Waals surface area contributed by atoms with Gasteiger partial charge in [0.1, 0.15) is 0 Å². The van der Waals surface area contributed by atoms with Crippen molar-refractivity contribution < 1.29 is 9.53 Å². The summed E-state index contributed by atoms with van der Waals surface area (Å²) in [5, 5.41) is 3.52. The highest BCUT2D eigenvalue weighted by atomic mass is 16.5. The molecule has 0 heterocycles. The summed E-state index contributed by atoms with van der Waals surface area (Å²) in [7, 11) is 1.46. The number of ether oxygens (including phenoxy) is 1. The lowest BCUT2D eigenvalue weighted by Crippen LogP contribution is -2.30. The topological polar surface area (TPSA) is 64.3 Å². The van der Waals surface area contributed by atoms with Crippen LogP contribution in [0.25, 0.3) is 0 Å². The van der Waals surface area contributed by atoms with Gasteiger partial charge in [0.05, 0.1) is 24.4 Å². The molecule has 0 bridgehead atoms. The number of rotatable bonds is 4. The summed E-state index contributed by atoms with van der Waals surface area (Å²) in [6, 6.07) is 6.54. The molecule has 110 valence electrons. The van der Waals surface area contributed by atoms with E-state index >= 15 is 0 Å². The minimum Gasteiger partial charge on any atom is -0.469 e. The molecule has 1 aromatic carbocycles. The fourth-order valence-corrected chi connectivity index (χ4v) is 2.81. The Morgan fingerprint density at radius 1 is 1.35 bits per heavy atom. The van der Waals surface area contributed by atoms with Gasteiger partial charge in [0.2, 0.25) is 0 Å². The number of nitrogens with one attached hydrogen (secondary N) is 1. The van der Waals surface area contributed by atoms with Gasteiger partial charge < -0.3 is 15.8 Å². The fraction of sp³-hybridized carbons (Fsp3) is 0.562. The minimum absolute atomic E-state index is 0.0670. The molecule has 0 unspecified atom stereocenters. The van der Waals surface area contributed by atoms with Gasteiger partial charge in [-0.1, -0.05) is 13.0 Å². The van der Waals surface area contributed by atoms with Crippen molar-refractivity contribution >= 4 is 17.3 Å². The minimum atomic E-state index is -0.0732. The summed E-state index contributed by atoms with van der Waals surface area (Å²) in [6.07, 6.45) is 4.74. The lowest BCUT2D eigenvalue weighted by molar-refractivity contribution is -0.146. The average molecular weight is 276 g/mol. The SMILES string of the molecule is CCc1ccc(N)c(NC2CCC(C(=O)OC)CC2)c1. The average Bonchev–Trinajstić information content (AvgIpc) is 2.49. The summed E-state index contributed by atoms with van der Waals surface area (Å²) in [5.74, 6) is -0.00619. The van der Waals surface area contributed by atoms with E-state index in [0.717, 1.165) is 43.5 Å². The van der Waals surface area contributed by atoms with E-state index in [1.165, 1.54) is 12.7 Å². The zero-order valence-corrected chi connectivity index (χ0v) is 12.3. The molecule has 0 amide bonds. The first-order valence-corrected chi connectivity index (χ1v) is 7.36. The molecule has 4 nitrogen and oxygen atoms in total. The monoisotopic (exact) mass is 276 g/mol. The molecule has 0 aromatic heterocycles. The zero-order chi connectivity index (χ0) is 14.5. The van der Waals surface area contributed by atoms with Crippen molar-refractivity contribution in [2.24, 2.45) is 5.92 Å². The predicted octanol–water partition coefficient (Wildman–Crippen LogP) is 2.97. The molecule has 0 atom stereocenters. The first-order valence-electron chi connectivity index (χ1n) is 7.36. The van der Waals surface area contributed by atoms with Gasteiger partial charge in [-0.05, 0) is 49.8 Å². The number of nitrogen functional groups attached to an aromatic ring is 1. The van der Waals surface area contributed by atoms with Crippen LogP contribution in [0, 0.1) is 5.92 Å². The lowest BCUT2D eigenvalue weighted by Gasteiger charge is -2.28. The van der Waals surface area contributed by atoms with E-state index in [4.69, 9.17) is 10.5 Å². The second-order valence-electron chi connectivity index (χ2n) is 5.49. The molecule has 0 radical (unpaired) electrons. The number of anilines is 2. The van der Waals surface area contributed by atoms with Crippen LogP contribution in [0.5, 0.6) is 0 Å². The number of benzene rings is 1. The maximum Gasteiger partial charge on any atom is 0.308 e. The van der Waals surface area contributed by atoms with Gasteiger partial charge in [0.25, 0.3) is 0 Å². The van der Waals surface area contributed by atoms with Crippen LogP contribution in [-0.2, 0) is 16.0 Å². The highest BCUT2D eigenvalue weighted by Gasteiger charge is 2.26. The van der Waals surface area contributed by atoms with E-state index in [2.05, 4.69) is 24.4 Å². The molecule has 4 heteroatoms. The van der Waals surface area contributed by atoms with Gasteiger partial charge in [-0.2, -0.15) is 0 Å². The molecule has 1 fully saturated rings. The fourth-order valence-electron chi connectivity index (χ4n) is 2.81. The van der Waals surface area contributed by atoms with Crippen molar-refractivity contribution in [3.05, 3.63) is 23.8 Å². The molecule has 1 saturated carbocycles. The van der Waals surface area contributed by atoms with E-state index in [-0.39, 0.29) is 11.9 Å². The Morgan fingerprint density at radius 3 is 2.65 bits per heavy atom. The van der Waals surface area contributed by atoms with Gasteiger partial charge in [0, 0.05) is 6.04 Å². The second kappa shape index (κ2) is 6.64. The molecule has 1 aliphatic carbocycles. The van der Waals surface area contributed by atoms with E-state index in [1.807, 2.05) is 6.07 Å². The Kier molecular flexibility index (Phi) is 4.88. The molecular formula is C16H24N2O2. The first-order chi connectivity index (χ1) is 9.63. The normalized spacial score (nSPS) is 22.3. The van der Waals surface area contributed by atoms with Crippen molar-refractivity contribution in [2.45, 2.75) is 45.1 Å². The second-order valence-corrected chi connectivity index (χ2v) is 5.49. The number of aryl methyl sites for hydroxylation is 1. The Hall–Kier alpha value is -1.71. The Labute approximate surface area is 120 Å². The summed E-state index contributed by atoms with van der Waals surface area (Å²) in [4.78, 5) is 11.5. The van der Waals surface area contributed by atoms with Gasteiger partial charge in [-0.15, -0.1) is 0 Å². The smallest absolute Gasteiger partial charge is 0.308 e. The van der Waals surface area contributed by atoms with Crippen LogP contribution in [0.1, 0.15) is 38.2 Å². The van der Waals surface area contributed by atoms with Crippen LogP contribution in [0.2, 0.25) is 0 Å². The van der Waals surface area contributed by atoms with Crippen molar-refractivity contribution in [3.63, 3.8) is 0 Å². The van der Waals surface area contributed by atoms with Crippen molar-refractivity contribution in [1.29, 1.82) is 0 Å². The Balaban J connectivity index is 1.94. The molecule has 0 spiro atoms. The van der Waals surface area contributed by atoms with Crippen LogP contribution in [0.3, 0.4) is 0 Å². The molecule has 1 aromatic rings. The van der Waals surface area contributed by atoms with Crippen LogP contribution >= 0.6 is 0 Å². The molecule has 3 N–H and O–H groups in total. The van der Waals surface area contributed by atoms with Gasteiger partial charge in [-0.25, -0.2) is 0 Å². The summed E-state index contributed by atoms with van der Waals surface area (Å²) < 4.78 is 4.81. The quantitative estimate of drug-likeness (QED) is 0.655. The standard InChI is InChI=1S/C16H24N2O2/c1-3-11-4-9-14(17)15(10-11)18-13-7-5-12(6-8-13)16(19)20-2/h4,9-10,12-13,18H,3,5-8,17H2,1-2H3. The van der Waals surface area contributed by atoms with Crippen molar-refractivity contribution in [1.82, 2.24) is 0 Å². The number of carbonyl (C=O) groups excluding carboxylic acids is 1. The molecule has 0 aliphatic heterocycles.